The van der Waals surface area contributed by atoms with Crippen molar-refractivity contribution in [2.45, 2.75) is 19.5 Å². The van der Waals surface area contributed by atoms with Gasteiger partial charge in [-0.1, -0.05) is 0 Å². The van der Waals surface area contributed by atoms with E-state index in [4.69, 9.17) is 9.47 Å². The van der Waals surface area contributed by atoms with Crippen molar-refractivity contribution in [2.75, 3.05) is 65.4 Å². The Hall–Kier alpha value is -2.04. The van der Waals surface area contributed by atoms with Gasteiger partial charge in [0, 0.05) is 69.0 Å². The molecule has 8 nitrogen and oxygen atoms in total. The van der Waals surface area contributed by atoms with Gasteiger partial charge < -0.3 is 19.3 Å². The monoisotopic (exact) mass is 541 g/mol. The van der Waals surface area contributed by atoms with E-state index in [0.29, 0.717) is 6.54 Å². The van der Waals surface area contributed by atoms with E-state index in [2.05, 4.69) is 32.8 Å². The van der Waals surface area contributed by atoms with Crippen molar-refractivity contribution in [3.63, 3.8) is 0 Å². The summed E-state index contributed by atoms with van der Waals surface area (Å²) in [4.78, 5) is 27.1. The lowest BCUT2D eigenvalue weighted by Crippen LogP contribution is -2.47. The summed E-state index contributed by atoms with van der Waals surface area (Å²) in [6.07, 6.45) is 2.67. The van der Waals surface area contributed by atoms with E-state index in [1.54, 1.807) is 36.5 Å². The van der Waals surface area contributed by atoms with E-state index in [9.17, 15) is 4.79 Å². The minimum absolute atomic E-state index is 0. The average molecular weight is 543 g/mol. The fourth-order valence-electron chi connectivity index (χ4n) is 4.81. The fourth-order valence-corrected chi connectivity index (χ4v) is 6.06. The Kier molecular flexibility index (Phi) is 9.28. The quantitative estimate of drug-likeness (QED) is 0.475. The molecule has 1 saturated heterocycles. The number of rotatable bonds is 6. The van der Waals surface area contributed by atoms with Crippen LogP contribution in [0.1, 0.15) is 10.4 Å². The number of likely N-dealkylation sites (N-methyl/N-ethyl adjacent to an activating group) is 1. The van der Waals surface area contributed by atoms with E-state index in [1.165, 1.54) is 10.4 Å². The second kappa shape index (κ2) is 11.8. The smallest absolute Gasteiger partial charge is 0.262 e. The Morgan fingerprint density at radius 3 is 2.46 bits per heavy atom. The molecule has 11 heteroatoms. The molecule has 2 aliphatic rings. The zero-order valence-corrected chi connectivity index (χ0v) is 22.8. The van der Waals surface area contributed by atoms with Gasteiger partial charge in [0.15, 0.2) is 11.5 Å². The summed E-state index contributed by atoms with van der Waals surface area (Å²) in [7, 11) is 5.45. The van der Waals surface area contributed by atoms with Gasteiger partial charge >= 0.3 is 0 Å². The van der Waals surface area contributed by atoms with Gasteiger partial charge in [-0.05, 0) is 31.2 Å². The fraction of sp³-hybridized carbons (Fsp3) is 0.500. The minimum atomic E-state index is 0. The van der Waals surface area contributed by atoms with Crippen LogP contribution in [0.25, 0.3) is 10.2 Å². The maximum absolute atomic E-state index is 13.2. The molecular formula is C24H33Cl2N5O3S. The predicted molar refractivity (Wildman–Crippen MR) is 147 cm³/mol. The van der Waals surface area contributed by atoms with E-state index in [-0.39, 0.29) is 30.4 Å². The highest BCUT2D eigenvalue weighted by Crippen LogP contribution is 2.32. The predicted octanol–water partition coefficient (Wildman–Crippen LogP) is 3.13. The Balaban J connectivity index is 0.00000171. The van der Waals surface area contributed by atoms with Crippen molar-refractivity contribution in [2.24, 2.45) is 0 Å². The van der Waals surface area contributed by atoms with Crippen LogP contribution in [-0.2, 0) is 19.5 Å². The van der Waals surface area contributed by atoms with Crippen LogP contribution in [0, 0.1) is 0 Å². The third-order valence-electron chi connectivity index (χ3n) is 6.78. The molecule has 0 spiro atoms. The van der Waals surface area contributed by atoms with Crippen molar-refractivity contribution < 1.29 is 9.47 Å². The van der Waals surface area contributed by atoms with Crippen LogP contribution in [0.5, 0.6) is 11.5 Å². The van der Waals surface area contributed by atoms with Crippen molar-refractivity contribution in [3.05, 3.63) is 45.3 Å². The number of piperazine rings is 1. The highest BCUT2D eigenvalue weighted by molar-refractivity contribution is 7.18. The van der Waals surface area contributed by atoms with Crippen LogP contribution in [0.4, 0.5) is 5.69 Å². The standard InChI is InChI=1S/C24H31N5O3S.2ClH/c1-26-7-6-18-21(15-26)33-23-22(18)24(30)29(16-25-23)13-10-27-8-11-28(12-9-27)17-4-5-19(31-2)20(14-17)32-3;;/h4-5,14,16H,6-13,15H2,1-3H3;2*1H. The van der Waals surface area contributed by atoms with Gasteiger partial charge in [0.1, 0.15) is 4.83 Å². The van der Waals surface area contributed by atoms with Crippen molar-refractivity contribution in [1.29, 1.82) is 0 Å². The molecule has 35 heavy (non-hydrogen) atoms. The molecule has 0 unspecified atom stereocenters. The van der Waals surface area contributed by atoms with Gasteiger partial charge in [-0.3, -0.25) is 14.3 Å². The Bertz CT molecular complexity index is 1210. The molecule has 0 radical (unpaired) electrons. The second-order valence-corrected chi connectivity index (χ2v) is 9.87. The van der Waals surface area contributed by atoms with Gasteiger partial charge in [-0.25, -0.2) is 4.98 Å². The molecule has 192 valence electrons. The average Bonchev–Trinajstić information content (AvgIpc) is 3.21. The summed E-state index contributed by atoms with van der Waals surface area (Å²) in [6.45, 7) is 7.22. The highest BCUT2D eigenvalue weighted by Gasteiger charge is 2.23. The van der Waals surface area contributed by atoms with Crippen LogP contribution in [0.15, 0.2) is 29.3 Å². The van der Waals surface area contributed by atoms with E-state index < -0.39 is 0 Å². The number of anilines is 1. The van der Waals surface area contributed by atoms with E-state index in [0.717, 1.165) is 79.6 Å². The summed E-state index contributed by atoms with van der Waals surface area (Å²) in [5.41, 5.74) is 2.49. The number of ether oxygens (including phenoxy) is 2. The number of aromatic nitrogens is 2. The molecular weight excluding hydrogens is 509 g/mol. The normalized spacial score (nSPS) is 16.4. The third-order valence-corrected chi connectivity index (χ3v) is 7.90. The van der Waals surface area contributed by atoms with Gasteiger partial charge in [0.25, 0.3) is 5.56 Å². The van der Waals surface area contributed by atoms with Gasteiger partial charge in [-0.15, -0.1) is 36.2 Å². The number of hydrogen-bond acceptors (Lipinski definition) is 8. The minimum Gasteiger partial charge on any atom is -0.493 e. The third kappa shape index (κ3) is 5.54. The zero-order valence-electron chi connectivity index (χ0n) is 20.4. The lowest BCUT2D eigenvalue weighted by Gasteiger charge is -2.36. The van der Waals surface area contributed by atoms with Crippen LogP contribution in [0.3, 0.4) is 0 Å². The summed E-state index contributed by atoms with van der Waals surface area (Å²) >= 11 is 1.68. The molecule has 1 aromatic carbocycles. The molecule has 0 aliphatic carbocycles. The summed E-state index contributed by atoms with van der Waals surface area (Å²) in [6, 6.07) is 6.07. The van der Waals surface area contributed by atoms with Crippen molar-refractivity contribution in [3.8, 4) is 11.5 Å². The van der Waals surface area contributed by atoms with Gasteiger partial charge in [0.05, 0.1) is 25.9 Å². The first-order chi connectivity index (χ1) is 16.1. The molecule has 0 saturated carbocycles. The molecule has 2 aromatic heterocycles. The maximum Gasteiger partial charge on any atom is 0.262 e. The molecule has 4 heterocycles. The molecule has 0 N–H and O–H groups in total. The molecule has 0 amide bonds. The maximum atomic E-state index is 13.2. The number of thiophene rings is 1. The number of benzene rings is 1. The zero-order chi connectivity index (χ0) is 22.9. The molecule has 0 bridgehead atoms. The lowest BCUT2D eigenvalue weighted by atomic mass is 10.1. The van der Waals surface area contributed by atoms with Crippen LogP contribution in [0.2, 0.25) is 0 Å². The number of nitrogens with zero attached hydrogens (tertiary/aromatic N) is 5. The Labute approximate surface area is 222 Å². The Morgan fingerprint density at radius 1 is 1.00 bits per heavy atom. The Morgan fingerprint density at radius 2 is 1.74 bits per heavy atom. The largest absolute Gasteiger partial charge is 0.493 e. The van der Waals surface area contributed by atoms with Crippen LogP contribution < -0.4 is 19.9 Å². The van der Waals surface area contributed by atoms with E-state index >= 15 is 0 Å². The second-order valence-electron chi connectivity index (χ2n) is 8.78. The van der Waals surface area contributed by atoms with Crippen molar-refractivity contribution in [1.82, 2.24) is 19.4 Å². The molecule has 5 rings (SSSR count). The first kappa shape index (κ1) is 27.5. The first-order valence-corrected chi connectivity index (χ1v) is 12.3. The molecule has 0 atom stereocenters. The summed E-state index contributed by atoms with van der Waals surface area (Å²) in [5, 5.41) is 0.851. The summed E-state index contributed by atoms with van der Waals surface area (Å²) in [5.74, 6) is 1.50. The van der Waals surface area contributed by atoms with Gasteiger partial charge in [0.2, 0.25) is 0 Å². The lowest BCUT2D eigenvalue weighted by molar-refractivity contribution is 0.247. The van der Waals surface area contributed by atoms with Crippen LogP contribution in [-0.4, -0.2) is 79.9 Å². The number of halogens is 2. The van der Waals surface area contributed by atoms with Crippen molar-refractivity contribution >= 4 is 52.1 Å². The SMILES string of the molecule is COc1ccc(N2CCN(CCn3cnc4sc5c(c4c3=O)CCN(C)C5)CC2)cc1OC.Cl.Cl. The van der Waals surface area contributed by atoms with E-state index in [1.807, 2.05) is 12.1 Å². The number of fused-ring (bicyclic) bond motifs is 3. The topological polar surface area (TPSA) is 63.1 Å². The van der Waals surface area contributed by atoms with Crippen LogP contribution >= 0.6 is 36.2 Å². The number of methoxy groups -OCH3 is 2. The molecule has 3 aromatic rings. The molecule has 2 aliphatic heterocycles. The molecule has 1 fully saturated rings. The highest BCUT2D eigenvalue weighted by atomic mass is 35.5. The van der Waals surface area contributed by atoms with Gasteiger partial charge in [-0.2, -0.15) is 0 Å². The number of hydrogen-bond donors (Lipinski definition) is 0. The summed E-state index contributed by atoms with van der Waals surface area (Å²) < 4.78 is 12.6. The first-order valence-electron chi connectivity index (χ1n) is 11.4.